The van der Waals surface area contributed by atoms with E-state index in [1.165, 1.54) is 25.7 Å². The van der Waals surface area contributed by atoms with Gasteiger partial charge in [-0.05, 0) is 36.8 Å². The van der Waals surface area contributed by atoms with Crippen LogP contribution >= 0.6 is 0 Å². The SMILES string of the molecule is CCCCCCCOc1ccccc1/C=N/NC(=O)c1cccc(OC)c1. The van der Waals surface area contributed by atoms with Crippen molar-refractivity contribution in [1.82, 2.24) is 5.43 Å². The maximum Gasteiger partial charge on any atom is 0.271 e. The number of unbranched alkanes of at least 4 members (excludes halogenated alkanes) is 4. The van der Waals surface area contributed by atoms with Crippen molar-refractivity contribution in [2.45, 2.75) is 39.0 Å². The molecule has 0 fully saturated rings. The fourth-order valence-corrected chi connectivity index (χ4v) is 2.60. The Kier molecular flexibility index (Phi) is 8.90. The van der Waals surface area contributed by atoms with Crippen molar-refractivity contribution < 1.29 is 14.3 Å². The quantitative estimate of drug-likeness (QED) is 0.352. The van der Waals surface area contributed by atoms with Gasteiger partial charge in [-0.1, -0.05) is 50.8 Å². The third-order valence-corrected chi connectivity index (χ3v) is 4.13. The molecular weight excluding hydrogens is 340 g/mol. The largest absolute Gasteiger partial charge is 0.497 e. The average Bonchev–Trinajstić information content (AvgIpc) is 2.71. The molecule has 0 radical (unpaired) electrons. The number of carbonyl (C=O) groups excluding carboxylic acids is 1. The van der Waals surface area contributed by atoms with Gasteiger partial charge in [0.25, 0.3) is 5.91 Å². The van der Waals surface area contributed by atoms with Crippen LogP contribution in [-0.4, -0.2) is 25.8 Å². The predicted octanol–water partition coefficient (Wildman–Crippen LogP) is 4.81. The summed E-state index contributed by atoms with van der Waals surface area (Å²) >= 11 is 0. The molecule has 2 aromatic carbocycles. The van der Waals surface area contributed by atoms with Crippen molar-refractivity contribution in [2.75, 3.05) is 13.7 Å². The monoisotopic (exact) mass is 368 g/mol. The van der Waals surface area contributed by atoms with E-state index in [4.69, 9.17) is 9.47 Å². The minimum Gasteiger partial charge on any atom is -0.497 e. The Hall–Kier alpha value is -2.82. The number of methoxy groups -OCH3 is 1. The molecule has 0 bridgehead atoms. The zero-order valence-corrected chi connectivity index (χ0v) is 16.1. The van der Waals surface area contributed by atoms with Gasteiger partial charge in [0, 0.05) is 11.1 Å². The predicted molar refractivity (Wildman–Crippen MR) is 109 cm³/mol. The summed E-state index contributed by atoms with van der Waals surface area (Å²) in [6.07, 6.45) is 7.58. The molecule has 0 spiro atoms. The highest BCUT2D eigenvalue weighted by Gasteiger charge is 2.05. The highest BCUT2D eigenvalue weighted by atomic mass is 16.5. The molecule has 27 heavy (non-hydrogen) atoms. The van der Waals surface area contributed by atoms with E-state index >= 15 is 0 Å². The van der Waals surface area contributed by atoms with Gasteiger partial charge in [-0.15, -0.1) is 0 Å². The Morgan fingerprint density at radius 2 is 1.89 bits per heavy atom. The number of para-hydroxylation sites is 1. The molecule has 0 aliphatic heterocycles. The molecule has 144 valence electrons. The summed E-state index contributed by atoms with van der Waals surface area (Å²) in [7, 11) is 1.57. The van der Waals surface area contributed by atoms with Gasteiger partial charge in [-0.25, -0.2) is 5.43 Å². The Morgan fingerprint density at radius 3 is 2.70 bits per heavy atom. The Morgan fingerprint density at radius 1 is 1.07 bits per heavy atom. The molecule has 0 saturated heterocycles. The van der Waals surface area contributed by atoms with Gasteiger partial charge in [0.15, 0.2) is 0 Å². The van der Waals surface area contributed by atoms with Crippen LogP contribution in [0.5, 0.6) is 11.5 Å². The fourth-order valence-electron chi connectivity index (χ4n) is 2.60. The second kappa shape index (κ2) is 11.7. The summed E-state index contributed by atoms with van der Waals surface area (Å²) in [6, 6.07) is 14.6. The van der Waals surface area contributed by atoms with Crippen molar-refractivity contribution in [3.8, 4) is 11.5 Å². The molecule has 0 aliphatic carbocycles. The lowest BCUT2D eigenvalue weighted by atomic mass is 10.2. The first-order valence-electron chi connectivity index (χ1n) is 9.44. The summed E-state index contributed by atoms with van der Waals surface area (Å²) in [5.41, 5.74) is 3.86. The van der Waals surface area contributed by atoms with E-state index in [0.717, 1.165) is 17.7 Å². The van der Waals surface area contributed by atoms with E-state index in [0.29, 0.717) is 17.9 Å². The molecule has 0 atom stereocenters. The summed E-state index contributed by atoms with van der Waals surface area (Å²) in [5, 5.41) is 4.06. The van der Waals surface area contributed by atoms with Crippen molar-refractivity contribution in [3.63, 3.8) is 0 Å². The van der Waals surface area contributed by atoms with Gasteiger partial charge in [-0.2, -0.15) is 5.10 Å². The van der Waals surface area contributed by atoms with E-state index < -0.39 is 0 Å². The summed E-state index contributed by atoms with van der Waals surface area (Å²) in [6.45, 7) is 2.89. The normalized spacial score (nSPS) is 10.7. The van der Waals surface area contributed by atoms with Crippen LogP contribution in [0, 0.1) is 0 Å². The van der Waals surface area contributed by atoms with Gasteiger partial charge in [0.2, 0.25) is 0 Å². The third kappa shape index (κ3) is 7.13. The maximum atomic E-state index is 12.2. The fraction of sp³-hybridized carbons (Fsp3) is 0.364. The molecule has 1 amide bonds. The first-order chi connectivity index (χ1) is 13.2. The lowest BCUT2D eigenvalue weighted by Gasteiger charge is -2.09. The number of ether oxygens (including phenoxy) is 2. The smallest absolute Gasteiger partial charge is 0.271 e. The summed E-state index contributed by atoms with van der Waals surface area (Å²) in [5.74, 6) is 1.11. The molecule has 5 heteroatoms. The first-order valence-corrected chi connectivity index (χ1v) is 9.44. The average molecular weight is 368 g/mol. The van der Waals surface area contributed by atoms with Crippen LogP contribution in [0.3, 0.4) is 0 Å². The molecule has 0 heterocycles. The van der Waals surface area contributed by atoms with Crippen LogP contribution in [0.4, 0.5) is 0 Å². The zero-order chi connectivity index (χ0) is 19.3. The second-order valence-electron chi connectivity index (χ2n) is 6.23. The lowest BCUT2D eigenvalue weighted by Crippen LogP contribution is -2.17. The molecule has 1 N–H and O–H groups in total. The number of nitrogens with zero attached hydrogens (tertiary/aromatic N) is 1. The van der Waals surface area contributed by atoms with Gasteiger partial charge >= 0.3 is 0 Å². The van der Waals surface area contributed by atoms with Crippen LogP contribution in [0.2, 0.25) is 0 Å². The zero-order valence-electron chi connectivity index (χ0n) is 16.1. The number of rotatable bonds is 11. The van der Waals surface area contributed by atoms with Crippen LogP contribution in [0.1, 0.15) is 54.9 Å². The number of hydrogen-bond acceptors (Lipinski definition) is 4. The Bertz CT molecular complexity index is 744. The van der Waals surface area contributed by atoms with Gasteiger partial charge in [-0.3, -0.25) is 4.79 Å². The van der Waals surface area contributed by atoms with Crippen LogP contribution in [-0.2, 0) is 0 Å². The molecule has 0 saturated carbocycles. The van der Waals surface area contributed by atoms with Crippen molar-refractivity contribution >= 4 is 12.1 Å². The highest BCUT2D eigenvalue weighted by Crippen LogP contribution is 2.17. The van der Waals surface area contributed by atoms with Crippen LogP contribution in [0.25, 0.3) is 0 Å². The topological polar surface area (TPSA) is 59.9 Å². The number of carbonyl (C=O) groups is 1. The minimum atomic E-state index is -0.292. The van der Waals surface area contributed by atoms with Gasteiger partial charge in [0.05, 0.1) is 19.9 Å². The Labute approximate surface area is 161 Å². The van der Waals surface area contributed by atoms with Crippen LogP contribution < -0.4 is 14.9 Å². The van der Waals surface area contributed by atoms with Crippen LogP contribution in [0.15, 0.2) is 53.6 Å². The van der Waals surface area contributed by atoms with E-state index in [1.54, 1.807) is 37.6 Å². The Balaban J connectivity index is 1.87. The molecule has 0 aliphatic rings. The van der Waals surface area contributed by atoms with Gasteiger partial charge < -0.3 is 9.47 Å². The molecular formula is C22H28N2O3. The van der Waals surface area contributed by atoms with E-state index in [9.17, 15) is 4.79 Å². The third-order valence-electron chi connectivity index (χ3n) is 4.13. The van der Waals surface area contributed by atoms with Gasteiger partial charge in [0.1, 0.15) is 11.5 Å². The van der Waals surface area contributed by atoms with Crippen molar-refractivity contribution in [1.29, 1.82) is 0 Å². The number of hydrogen-bond donors (Lipinski definition) is 1. The maximum absolute atomic E-state index is 12.2. The van der Waals surface area contributed by atoms with E-state index in [-0.39, 0.29) is 5.91 Å². The highest BCUT2D eigenvalue weighted by molar-refractivity contribution is 5.95. The van der Waals surface area contributed by atoms with E-state index in [1.807, 2.05) is 24.3 Å². The number of nitrogens with one attached hydrogen (secondary N) is 1. The first kappa shape index (κ1) is 20.5. The van der Waals surface area contributed by atoms with Crippen molar-refractivity contribution in [2.24, 2.45) is 5.10 Å². The number of benzene rings is 2. The molecule has 0 aromatic heterocycles. The summed E-state index contributed by atoms with van der Waals surface area (Å²) in [4.78, 5) is 12.2. The molecule has 2 aromatic rings. The molecule has 0 unspecified atom stereocenters. The number of hydrazone groups is 1. The van der Waals surface area contributed by atoms with Crippen molar-refractivity contribution in [3.05, 3.63) is 59.7 Å². The summed E-state index contributed by atoms with van der Waals surface area (Å²) < 4.78 is 11.0. The second-order valence-corrected chi connectivity index (χ2v) is 6.23. The lowest BCUT2D eigenvalue weighted by molar-refractivity contribution is 0.0954. The van der Waals surface area contributed by atoms with E-state index in [2.05, 4.69) is 17.5 Å². The molecule has 5 nitrogen and oxygen atoms in total. The standard InChI is InChI=1S/C22H28N2O3/c1-3-4-5-6-9-15-27-21-14-8-7-11-19(21)17-23-24-22(25)18-12-10-13-20(16-18)26-2/h7-8,10-14,16-17H,3-6,9,15H2,1-2H3,(H,24,25)/b23-17+. The molecule has 2 rings (SSSR count). The minimum absolute atomic E-state index is 0.292. The number of amides is 1.